The molecule has 94 valence electrons. The highest BCUT2D eigenvalue weighted by atomic mass is 16.5. The Morgan fingerprint density at radius 3 is 2.67 bits per heavy atom. The fraction of sp³-hybridized carbons (Fsp3) is 0.214. The van der Waals surface area contributed by atoms with Crippen LogP contribution >= 0.6 is 0 Å². The van der Waals surface area contributed by atoms with E-state index in [1.54, 1.807) is 18.3 Å². The Kier molecular flexibility index (Phi) is 3.67. The Balaban J connectivity index is 2.16. The molecule has 0 unspecified atom stereocenters. The van der Waals surface area contributed by atoms with Crippen molar-refractivity contribution in [2.24, 2.45) is 0 Å². The van der Waals surface area contributed by atoms with Gasteiger partial charge in [0.2, 0.25) is 0 Å². The highest BCUT2D eigenvalue weighted by Gasteiger charge is 2.10. The van der Waals surface area contributed by atoms with Crippen LogP contribution in [0.3, 0.4) is 0 Å². The predicted octanol–water partition coefficient (Wildman–Crippen LogP) is 3.05. The van der Waals surface area contributed by atoms with E-state index < -0.39 is 0 Å². The molecule has 2 rings (SSSR count). The molecule has 0 saturated heterocycles. The average molecular weight is 244 g/mol. The number of carbonyl (C=O) groups excluding carboxylic acids is 1. The van der Waals surface area contributed by atoms with Gasteiger partial charge in [-0.15, -0.1) is 0 Å². The first-order chi connectivity index (χ1) is 8.66. The second-order valence-electron chi connectivity index (χ2n) is 4.20. The number of hydrogen-bond donors (Lipinski definition) is 2. The molecule has 0 aliphatic carbocycles. The Labute approximate surface area is 106 Å². The minimum absolute atomic E-state index is 0.0635. The van der Waals surface area contributed by atoms with Crippen molar-refractivity contribution in [1.29, 1.82) is 0 Å². The number of aromatic amines is 1. The quantitative estimate of drug-likeness (QED) is 0.868. The first-order valence-electron chi connectivity index (χ1n) is 5.87. The predicted molar refractivity (Wildman–Crippen MR) is 71.0 cm³/mol. The lowest BCUT2D eigenvalue weighted by Crippen LogP contribution is -2.14. The number of rotatable bonds is 4. The summed E-state index contributed by atoms with van der Waals surface area (Å²) in [5.74, 6) is 0.493. The van der Waals surface area contributed by atoms with Gasteiger partial charge >= 0.3 is 0 Å². The minimum atomic E-state index is -0.181. The lowest BCUT2D eigenvalue weighted by atomic mass is 10.2. The van der Waals surface area contributed by atoms with E-state index in [4.69, 9.17) is 4.74 Å². The van der Waals surface area contributed by atoms with Gasteiger partial charge in [0, 0.05) is 6.20 Å². The van der Waals surface area contributed by atoms with Crippen LogP contribution in [0.25, 0.3) is 0 Å². The topological polar surface area (TPSA) is 54.1 Å². The summed E-state index contributed by atoms with van der Waals surface area (Å²) in [7, 11) is 0. The summed E-state index contributed by atoms with van der Waals surface area (Å²) in [5, 5.41) is 2.82. The number of benzene rings is 1. The number of para-hydroxylation sites is 2. The van der Waals surface area contributed by atoms with Crippen LogP contribution < -0.4 is 10.1 Å². The van der Waals surface area contributed by atoms with E-state index in [0.717, 1.165) is 0 Å². The Bertz CT molecular complexity index is 518. The number of carbonyl (C=O) groups is 1. The molecule has 0 saturated carbocycles. The van der Waals surface area contributed by atoms with E-state index in [9.17, 15) is 4.79 Å². The van der Waals surface area contributed by atoms with Gasteiger partial charge in [-0.3, -0.25) is 4.79 Å². The number of ether oxygens (including phenoxy) is 1. The van der Waals surface area contributed by atoms with Gasteiger partial charge in [-0.05, 0) is 38.1 Å². The summed E-state index contributed by atoms with van der Waals surface area (Å²) in [6.07, 6.45) is 1.78. The summed E-state index contributed by atoms with van der Waals surface area (Å²) in [4.78, 5) is 14.8. The van der Waals surface area contributed by atoms with E-state index in [2.05, 4.69) is 10.3 Å². The van der Waals surface area contributed by atoms with Crippen molar-refractivity contribution in [1.82, 2.24) is 4.98 Å². The van der Waals surface area contributed by atoms with Crippen LogP contribution in [-0.2, 0) is 0 Å². The Morgan fingerprint density at radius 2 is 2.00 bits per heavy atom. The van der Waals surface area contributed by atoms with Crippen LogP contribution in [0.5, 0.6) is 5.75 Å². The monoisotopic (exact) mass is 244 g/mol. The lowest BCUT2D eigenvalue weighted by molar-refractivity contribution is 0.102. The molecule has 4 nitrogen and oxygen atoms in total. The molecule has 0 radical (unpaired) electrons. The molecule has 0 atom stereocenters. The lowest BCUT2D eigenvalue weighted by Gasteiger charge is -2.14. The van der Waals surface area contributed by atoms with Crippen molar-refractivity contribution < 1.29 is 9.53 Å². The smallest absolute Gasteiger partial charge is 0.272 e. The number of aromatic nitrogens is 1. The van der Waals surface area contributed by atoms with Crippen LogP contribution in [-0.4, -0.2) is 17.0 Å². The third-order valence-electron chi connectivity index (χ3n) is 2.34. The summed E-state index contributed by atoms with van der Waals surface area (Å²) in [5.41, 5.74) is 1.19. The zero-order chi connectivity index (χ0) is 13.0. The van der Waals surface area contributed by atoms with E-state index in [-0.39, 0.29) is 12.0 Å². The number of amides is 1. The molecule has 0 spiro atoms. The van der Waals surface area contributed by atoms with Crippen LogP contribution in [0, 0.1) is 0 Å². The van der Waals surface area contributed by atoms with Crippen molar-refractivity contribution in [3.05, 3.63) is 48.3 Å². The Morgan fingerprint density at radius 1 is 1.22 bits per heavy atom. The number of H-pyrrole nitrogens is 1. The number of hydrogen-bond acceptors (Lipinski definition) is 2. The molecule has 18 heavy (non-hydrogen) atoms. The molecule has 1 heterocycles. The van der Waals surface area contributed by atoms with Crippen LogP contribution in [0.4, 0.5) is 5.69 Å². The second-order valence-corrected chi connectivity index (χ2v) is 4.20. The van der Waals surface area contributed by atoms with E-state index in [0.29, 0.717) is 17.1 Å². The summed E-state index contributed by atoms with van der Waals surface area (Å²) in [6, 6.07) is 10.9. The number of anilines is 1. The maximum atomic E-state index is 11.9. The molecule has 2 N–H and O–H groups in total. The van der Waals surface area contributed by atoms with E-state index in [1.165, 1.54) is 0 Å². The average Bonchev–Trinajstić information content (AvgIpc) is 2.84. The third-order valence-corrected chi connectivity index (χ3v) is 2.34. The molecule has 0 aliphatic heterocycles. The van der Waals surface area contributed by atoms with Crippen molar-refractivity contribution in [2.75, 3.05) is 5.32 Å². The molecule has 0 aliphatic rings. The summed E-state index contributed by atoms with van der Waals surface area (Å²) < 4.78 is 5.64. The number of nitrogens with one attached hydrogen (secondary N) is 2. The molecule has 1 amide bonds. The van der Waals surface area contributed by atoms with Gasteiger partial charge in [-0.1, -0.05) is 12.1 Å². The maximum absolute atomic E-state index is 11.9. The van der Waals surface area contributed by atoms with Crippen LogP contribution in [0.15, 0.2) is 42.6 Å². The molecule has 0 bridgehead atoms. The summed E-state index contributed by atoms with van der Waals surface area (Å²) >= 11 is 0. The van der Waals surface area contributed by atoms with Gasteiger partial charge in [0.1, 0.15) is 11.4 Å². The maximum Gasteiger partial charge on any atom is 0.272 e. The summed E-state index contributed by atoms with van der Waals surface area (Å²) in [6.45, 7) is 3.90. The first-order valence-corrected chi connectivity index (χ1v) is 5.87. The van der Waals surface area contributed by atoms with Crippen molar-refractivity contribution in [3.8, 4) is 5.75 Å². The molecule has 4 heteroatoms. The normalized spacial score (nSPS) is 10.4. The van der Waals surface area contributed by atoms with Gasteiger partial charge in [0.05, 0.1) is 11.8 Å². The van der Waals surface area contributed by atoms with Crippen molar-refractivity contribution >= 4 is 11.6 Å². The highest BCUT2D eigenvalue weighted by molar-refractivity contribution is 6.03. The molecule has 2 aromatic rings. The molecule has 1 aromatic carbocycles. The SMILES string of the molecule is CC(C)Oc1ccccc1NC(=O)c1ccc[nH]1. The molecule has 1 aromatic heterocycles. The molecular formula is C14H16N2O2. The van der Waals surface area contributed by atoms with Gasteiger partial charge < -0.3 is 15.0 Å². The van der Waals surface area contributed by atoms with Gasteiger partial charge in [0.15, 0.2) is 0 Å². The standard InChI is InChI=1S/C14H16N2O2/c1-10(2)18-13-8-4-3-6-11(13)16-14(17)12-7-5-9-15-12/h3-10,15H,1-2H3,(H,16,17). The minimum Gasteiger partial charge on any atom is -0.489 e. The fourth-order valence-corrected chi connectivity index (χ4v) is 1.59. The Hall–Kier alpha value is -2.23. The van der Waals surface area contributed by atoms with Crippen molar-refractivity contribution in [2.45, 2.75) is 20.0 Å². The third kappa shape index (κ3) is 2.91. The van der Waals surface area contributed by atoms with Gasteiger partial charge in [-0.25, -0.2) is 0 Å². The molecule has 0 fully saturated rings. The second kappa shape index (κ2) is 5.40. The van der Waals surface area contributed by atoms with E-state index >= 15 is 0 Å². The van der Waals surface area contributed by atoms with E-state index in [1.807, 2.05) is 38.1 Å². The first kappa shape index (κ1) is 12.2. The molecular weight excluding hydrogens is 228 g/mol. The van der Waals surface area contributed by atoms with Crippen LogP contribution in [0.2, 0.25) is 0 Å². The van der Waals surface area contributed by atoms with Crippen LogP contribution in [0.1, 0.15) is 24.3 Å². The highest BCUT2D eigenvalue weighted by Crippen LogP contribution is 2.25. The zero-order valence-corrected chi connectivity index (χ0v) is 10.4. The fourth-order valence-electron chi connectivity index (χ4n) is 1.59. The van der Waals surface area contributed by atoms with Gasteiger partial charge in [0.25, 0.3) is 5.91 Å². The zero-order valence-electron chi connectivity index (χ0n) is 10.4. The largest absolute Gasteiger partial charge is 0.489 e. The van der Waals surface area contributed by atoms with Gasteiger partial charge in [-0.2, -0.15) is 0 Å². The van der Waals surface area contributed by atoms with Crippen molar-refractivity contribution in [3.63, 3.8) is 0 Å².